The number of aryl methyl sites for hydroxylation is 1. The molecule has 0 aliphatic carbocycles. The molecule has 0 amide bonds. The molecule has 0 unspecified atom stereocenters. The summed E-state index contributed by atoms with van der Waals surface area (Å²) in [6.07, 6.45) is -4.68. The van der Waals surface area contributed by atoms with Crippen molar-refractivity contribution in [1.29, 1.82) is 0 Å². The average molecular weight is 370 g/mol. The summed E-state index contributed by atoms with van der Waals surface area (Å²) in [5, 5.41) is 0. The molecule has 0 aliphatic heterocycles. The van der Waals surface area contributed by atoms with Crippen LogP contribution in [0, 0.1) is 6.92 Å². The lowest BCUT2D eigenvalue weighted by molar-refractivity contribution is -0.138. The van der Waals surface area contributed by atoms with Crippen LogP contribution in [0.3, 0.4) is 0 Å². The van der Waals surface area contributed by atoms with E-state index in [-0.39, 0.29) is 17.0 Å². The summed E-state index contributed by atoms with van der Waals surface area (Å²) in [6, 6.07) is 6.98. The molecular formula is C19H18F4O3. The fourth-order valence-electron chi connectivity index (χ4n) is 2.74. The number of alkyl halides is 3. The van der Waals surface area contributed by atoms with E-state index in [1.807, 2.05) is 19.9 Å². The minimum absolute atomic E-state index is 0.0973. The van der Waals surface area contributed by atoms with Gasteiger partial charge in [-0.05, 0) is 48.2 Å². The third kappa shape index (κ3) is 3.81. The van der Waals surface area contributed by atoms with Crippen molar-refractivity contribution in [1.82, 2.24) is 0 Å². The SMILES string of the molecule is COc1ccc(C(C)C)cc1-c1cc(C)c(C(F)(F)F)cc1C(=O)OF. The van der Waals surface area contributed by atoms with E-state index in [2.05, 4.69) is 4.94 Å². The van der Waals surface area contributed by atoms with Crippen LogP contribution in [-0.2, 0) is 11.1 Å². The van der Waals surface area contributed by atoms with Gasteiger partial charge in [0.1, 0.15) is 5.75 Å². The first-order valence-electron chi connectivity index (χ1n) is 7.83. The Morgan fingerprint density at radius 1 is 1.08 bits per heavy atom. The maximum absolute atomic E-state index is 13.2. The Hall–Kier alpha value is -2.57. The van der Waals surface area contributed by atoms with Crippen LogP contribution in [-0.4, -0.2) is 13.1 Å². The van der Waals surface area contributed by atoms with Gasteiger partial charge in [-0.2, -0.15) is 13.2 Å². The minimum atomic E-state index is -4.68. The van der Waals surface area contributed by atoms with Gasteiger partial charge in [0, 0.05) is 15.7 Å². The Kier molecular flexibility index (Phi) is 5.59. The average Bonchev–Trinajstić information content (AvgIpc) is 2.59. The minimum Gasteiger partial charge on any atom is -0.496 e. The lowest BCUT2D eigenvalue weighted by atomic mass is 9.91. The Balaban J connectivity index is 2.82. The van der Waals surface area contributed by atoms with E-state index >= 15 is 0 Å². The first kappa shape index (κ1) is 19.8. The van der Waals surface area contributed by atoms with Crippen molar-refractivity contribution in [2.45, 2.75) is 32.9 Å². The first-order chi connectivity index (χ1) is 12.1. The van der Waals surface area contributed by atoms with Crippen molar-refractivity contribution in [2.75, 3.05) is 7.11 Å². The molecule has 2 aromatic carbocycles. The molecule has 140 valence electrons. The van der Waals surface area contributed by atoms with Gasteiger partial charge < -0.3 is 4.74 Å². The molecular weight excluding hydrogens is 352 g/mol. The van der Waals surface area contributed by atoms with Crippen LogP contribution in [0.5, 0.6) is 5.75 Å². The number of rotatable bonds is 4. The second-order valence-electron chi connectivity index (χ2n) is 6.19. The fraction of sp³-hybridized carbons (Fsp3) is 0.316. The zero-order chi connectivity index (χ0) is 19.6. The summed E-state index contributed by atoms with van der Waals surface area (Å²) < 4.78 is 57.3. The van der Waals surface area contributed by atoms with Crippen molar-refractivity contribution in [2.24, 2.45) is 0 Å². The van der Waals surface area contributed by atoms with Crippen molar-refractivity contribution in [3.63, 3.8) is 0 Å². The third-order valence-corrected chi connectivity index (χ3v) is 4.14. The second-order valence-corrected chi connectivity index (χ2v) is 6.19. The van der Waals surface area contributed by atoms with E-state index in [0.29, 0.717) is 17.4 Å². The van der Waals surface area contributed by atoms with Crippen LogP contribution in [0.1, 0.15) is 46.8 Å². The van der Waals surface area contributed by atoms with Gasteiger partial charge in [-0.1, -0.05) is 19.9 Å². The highest BCUT2D eigenvalue weighted by Gasteiger charge is 2.34. The monoisotopic (exact) mass is 370 g/mol. The van der Waals surface area contributed by atoms with E-state index < -0.39 is 23.3 Å². The largest absolute Gasteiger partial charge is 0.496 e. The normalized spacial score (nSPS) is 11.6. The summed E-state index contributed by atoms with van der Waals surface area (Å²) >= 11 is 0. The molecule has 0 saturated carbocycles. The highest BCUT2D eigenvalue weighted by molar-refractivity contribution is 5.98. The fourth-order valence-corrected chi connectivity index (χ4v) is 2.74. The van der Waals surface area contributed by atoms with Gasteiger partial charge in [-0.3, -0.25) is 0 Å². The van der Waals surface area contributed by atoms with Gasteiger partial charge in [-0.25, -0.2) is 9.74 Å². The topological polar surface area (TPSA) is 35.5 Å². The molecule has 7 heteroatoms. The van der Waals surface area contributed by atoms with Crippen LogP contribution in [0.15, 0.2) is 30.3 Å². The maximum atomic E-state index is 13.2. The van der Waals surface area contributed by atoms with Crippen LogP contribution in [0.2, 0.25) is 0 Å². The summed E-state index contributed by atoms with van der Waals surface area (Å²) in [7, 11) is 1.40. The predicted molar refractivity (Wildman–Crippen MR) is 88.8 cm³/mol. The number of ether oxygens (including phenoxy) is 1. The molecule has 0 spiro atoms. The molecule has 0 saturated heterocycles. The van der Waals surface area contributed by atoms with E-state index in [1.165, 1.54) is 20.1 Å². The van der Waals surface area contributed by atoms with Crippen molar-refractivity contribution < 1.29 is 32.2 Å². The Morgan fingerprint density at radius 2 is 1.73 bits per heavy atom. The standard InChI is InChI=1S/C19H18F4O3/c1-10(2)12-5-6-17(25-4)14(8-12)13-7-11(3)16(19(20,21)22)9-15(13)18(24)26-23/h5-10H,1-4H3. The molecule has 0 bridgehead atoms. The van der Waals surface area contributed by atoms with Gasteiger partial charge in [0.05, 0.1) is 18.2 Å². The molecule has 0 aromatic heterocycles. The molecule has 3 nitrogen and oxygen atoms in total. The summed E-state index contributed by atoms with van der Waals surface area (Å²) in [4.78, 5) is 15.0. The van der Waals surface area contributed by atoms with Crippen molar-refractivity contribution in [3.05, 3.63) is 52.6 Å². The molecule has 26 heavy (non-hydrogen) atoms. The lowest BCUT2D eigenvalue weighted by Gasteiger charge is -2.18. The first-order valence-corrected chi connectivity index (χ1v) is 7.83. The zero-order valence-electron chi connectivity index (χ0n) is 14.7. The Bertz CT molecular complexity index is 826. The highest BCUT2D eigenvalue weighted by Crippen LogP contribution is 2.40. The molecule has 0 radical (unpaired) electrons. The smallest absolute Gasteiger partial charge is 0.416 e. The maximum Gasteiger partial charge on any atom is 0.416 e. The second kappa shape index (κ2) is 7.35. The predicted octanol–water partition coefficient (Wildman–Crippen LogP) is 5.85. The number of hydrogen-bond acceptors (Lipinski definition) is 3. The van der Waals surface area contributed by atoms with E-state index in [0.717, 1.165) is 5.56 Å². The molecule has 0 N–H and O–H groups in total. The third-order valence-electron chi connectivity index (χ3n) is 4.14. The number of carbonyl (C=O) groups is 1. The lowest BCUT2D eigenvalue weighted by Crippen LogP contribution is -2.12. The van der Waals surface area contributed by atoms with Gasteiger partial charge in [0.15, 0.2) is 0 Å². The van der Waals surface area contributed by atoms with Crippen LogP contribution < -0.4 is 4.74 Å². The number of hydrogen-bond donors (Lipinski definition) is 0. The van der Waals surface area contributed by atoms with Gasteiger partial charge >= 0.3 is 12.1 Å². The number of halogens is 4. The summed E-state index contributed by atoms with van der Waals surface area (Å²) in [6.45, 7) is 5.16. The Morgan fingerprint density at radius 3 is 2.23 bits per heavy atom. The number of benzene rings is 2. The molecule has 0 heterocycles. The number of methoxy groups -OCH3 is 1. The van der Waals surface area contributed by atoms with E-state index in [4.69, 9.17) is 4.74 Å². The summed E-state index contributed by atoms with van der Waals surface area (Å²) in [5.74, 6) is -1.02. The summed E-state index contributed by atoms with van der Waals surface area (Å²) in [5.41, 5.74) is -0.267. The van der Waals surface area contributed by atoms with Crippen LogP contribution in [0.4, 0.5) is 17.7 Å². The van der Waals surface area contributed by atoms with Gasteiger partial charge in [0.25, 0.3) is 0 Å². The van der Waals surface area contributed by atoms with Gasteiger partial charge in [0.2, 0.25) is 0 Å². The zero-order valence-corrected chi connectivity index (χ0v) is 14.7. The van der Waals surface area contributed by atoms with Crippen LogP contribution in [0.25, 0.3) is 11.1 Å². The van der Waals surface area contributed by atoms with Gasteiger partial charge in [-0.15, -0.1) is 0 Å². The molecule has 2 aromatic rings. The Labute approximate surface area is 148 Å². The molecule has 0 aliphatic rings. The molecule has 0 atom stereocenters. The van der Waals surface area contributed by atoms with Crippen molar-refractivity contribution in [3.8, 4) is 16.9 Å². The molecule has 0 fully saturated rings. The van der Waals surface area contributed by atoms with Crippen molar-refractivity contribution >= 4 is 5.97 Å². The highest BCUT2D eigenvalue weighted by atomic mass is 19.4. The van der Waals surface area contributed by atoms with E-state index in [1.54, 1.807) is 12.1 Å². The van der Waals surface area contributed by atoms with Crippen LogP contribution >= 0.6 is 0 Å². The quantitative estimate of drug-likeness (QED) is 0.633. The number of carbonyl (C=O) groups excluding carboxylic acids is 1. The molecule has 2 rings (SSSR count). The van der Waals surface area contributed by atoms with E-state index in [9.17, 15) is 22.5 Å².